The molecule has 2 aromatic heterocycles. The van der Waals surface area contributed by atoms with Crippen LogP contribution >= 0.6 is 11.6 Å². The van der Waals surface area contributed by atoms with Crippen LogP contribution in [0.25, 0.3) is 16.5 Å². The third-order valence-corrected chi connectivity index (χ3v) is 8.49. The number of aromatic nitrogens is 3. The van der Waals surface area contributed by atoms with Crippen molar-refractivity contribution in [3.8, 4) is 0 Å². The smallest absolute Gasteiger partial charge is 0.169 e. The second kappa shape index (κ2) is 11.5. The Hall–Kier alpha value is -3.58. The van der Waals surface area contributed by atoms with Crippen molar-refractivity contribution in [2.75, 3.05) is 5.32 Å². The molecular weight excluding hydrogens is 527 g/mol. The highest BCUT2D eigenvalue weighted by molar-refractivity contribution is 6.33. The highest BCUT2D eigenvalue weighted by Crippen LogP contribution is 2.39. The molecule has 3 aliphatic rings. The Morgan fingerprint density at radius 3 is 2.58 bits per heavy atom. The quantitative estimate of drug-likeness (QED) is 0.233. The van der Waals surface area contributed by atoms with Gasteiger partial charge in [-0.3, -0.25) is 19.3 Å². The van der Waals surface area contributed by atoms with Crippen LogP contribution in [-0.2, 0) is 4.79 Å². The molecule has 0 unspecified atom stereocenters. The van der Waals surface area contributed by atoms with Gasteiger partial charge in [-0.15, -0.1) is 0 Å². The SMILES string of the molecule is O=CC1=C(Cl)C=C(c2ccc3ncc(C(=O)C4CC4)c(Nc4cnn(C5CCCCCCC5)c4)c3c2)C=C(F)C1. The number of ketones is 1. The van der Waals surface area contributed by atoms with Gasteiger partial charge in [0, 0.05) is 40.7 Å². The van der Waals surface area contributed by atoms with Crippen molar-refractivity contribution in [3.05, 3.63) is 76.5 Å². The second-order valence-electron chi connectivity index (χ2n) is 11.1. The van der Waals surface area contributed by atoms with E-state index in [4.69, 9.17) is 16.7 Å². The van der Waals surface area contributed by atoms with E-state index in [9.17, 15) is 14.0 Å². The number of halogens is 2. The van der Waals surface area contributed by atoms with Crippen molar-refractivity contribution in [1.82, 2.24) is 14.8 Å². The van der Waals surface area contributed by atoms with E-state index in [0.29, 0.717) is 40.2 Å². The fraction of sp³-hybridized carbons (Fsp3) is 0.375. The van der Waals surface area contributed by atoms with Gasteiger partial charge in [0.25, 0.3) is 0 Å². The van der Waals surface area contributed by atoms with E-state index in [1.807, 2.05) is 30.6 Å². The van der Waals surface area contributed by atoms with Crippen LogP contribution in [0.5, 0.6) is 0 Å². The number of pyridine rings is 1. The third kappa shape index (κ3) is 5.66. The number of nitrogens with zero attached hydrogens (tertiary/aromatic N) is 3. The molecule has 2 saturated carbocycles. The molecule has 3 aromatic rings. The molecule has 1 N–H and O–H groups in total. The first-order chi connectivity index (χ1) is 19.5. The molecule has 8 heteroatoms. The second-order valence-corrected chi connectivity index (χ2v) is 11.5. The number of anilines is 2. The minimum Gasteiger partial charge on any atom is -0.352 e. The van der Waals surface area contributed by atoms with Crippen molar-refractivity contribution in [2.45, 2.75) is 70.3 Å². The van der Waals surface area contributed by atoms with Gasteiger partial charge in [0.05, 0.1) is 34.7 Å². The van der Waals surface area contributed by atoms with Gasteiger partial charge >= 0.3 is 0 Å². The maximum Gasteiger partial charge on any atom is 0.169 e. The molecule has 2 fully saturated rings. The number of hydrogen-bond acceptors (Lipinski definition) is 5. The Kier molecular flexibility index (Phi) is 7.65. The molecule has 0 saturated heterocycles. The minimum absolute atomic E-state index is 0.0212. The van der Waals surface area contributed by atoms with E-state index < -0.39 is 5.83 Å². The molecular formula is C32H32ClFN4O2. The largest absolute Gasteiger partial charge is 0.352 e. The molecule has 6 rings (SSSR count). The van der Waals surface area contributed by atoms with Crippen molar-refractivity contribution in [1.29, 1.82) is 0 Å². The van der Waals surface area contributed by atoms with Crippen LogP contribution in [0, 0.1) is 5.92 Å². The van der Waals surface area contributed by atoms with Crippen LogP contribution in [-0.4, -0.2) is 26.8 Å². The van der Waals surface area contributed by atoms with Crippen LogP contribution in [0.3, 0.4) is 0 Å². The number of Topliss-reactive ketones (excluding diaryl/α,β-unsaturated/α-hetero) is 1. The van der Waals surface area contributed by atoms with E-state index >= 15 is 0 Å². The van der Waals surface area contributed by atoms with E-state index in [-0.39, 0.29) is 28.7 Å². The molecule has 2 heterocycles. The summed E-state index contributed by atoms with van der Waals surface area (Å²) in [5.74, 6) is -0.344. The van der Waals surface area contributed by atoms with Gasteiger partial charge in [0.2, 0.25) is 0 Å². The molecule has 0 bridgehead atoms. The highest BCUT2D eigenvalue weighted by atomic mass is 35.5. The monoisotopic (exact) mass is 558 g/mol. The van der Waals surface area contributed by atoms with Gasteiger partial charge in [0.1, 0.15) is 12.1 Å². The maximum absolute atomic E-state index is 14.6. The Balaban J connectivity index is 1.41. The molecule has 0 amide bonds. The predicted octanol–water partition coefficient (Wildman–Crippen LogP) is 8.39. The topological polar surface area (TPSA) is 76.9 Å². The Morgan fingerprint density at radius 2 is 1.82 bits per heavy atom. The summed E-state index contributed by atoms with van der Waals surface area (Å²) in [6.45, 7) is 0. The summed E-state index contributed by atoms with van der Waals surface area (Å²) < 4.78 is 16.7. The van der Waals surface area contributed by atoms with Crippen molar-refractivity contribution < 1.29 is 14.0 Å². The molecule has 0 radical (unpaired) electrons. The lowest BCUT2D eigenvalue weighted by Crippen LogP contribution is -2.11. The van der Waals surface area contributed by atoms with E-state index in [2.05, 4.69) is 15.0 Å². The van der Waals surface area contributed by atoms with E-state index in [1.54, 1.807) is 12.3 Å². The van der Waals surface area contributed by atoms with Crippen molar-refractivity contribution in [3.63, 3.8) is 0 Å². The molecule has 0 atom stereocenters. The van der Waals surface area contributed by atoms with Crippen LogP contribution in [0.4, 0.5) is 15.8 Å². The van der Waals surface area contributed by atoms with Crippen molar-refractivity contribution in [2.24, 2.45) is 5.92 Å². The van der Waals surface area contributed by atoms with Crippen LogP contribution in [0.1, 0.15) is 86.2 Å². The molecule has 206 valence electrons. The average molecular weight is 559 g/mol. The first-order valence-corrected chi connectivity index (χ1v) is 14.6. The zero-order valence-corrected chi connectivity index (χ0v) is 23.1. The lowest BCUT2D eigenvalue weighted by Gasteiger charge is -2.20. The van der Waals surface area contributed by atoms with Crippen LogP contribution < -0.4 is 5.32 Å². The summed E-state index contributed by atoms with van der Waals surface area (Å²) in [5, 5.41) is 9.16. The summed E-state index contributed by atoms with van der Waals surface area (Å²) >= 11 is 6.34. The number of hydrogen-bond donors (Lipinski definition) is 1. The maximum atomic E-state index is 14.6. The zero-order chi connectivity index (χ0) is 27.6. The summed E-state index contributed by atoms with van der Waals surface area (Å²) in [4.78, 5) is 29.3. The number of nitrogens with one attached hydrogen (secondary N) is 1. The molecule has 3 aliphatic carbocycles. The number of benzene rings is 1. The van der Waals surface area contributed by atoms with Gasteiger partial charge in [-0.05, 0) is 61.1 Å². The Morgan fingerprint density at radius 1 is 1.05 bits per heavy atom. The lowest BCUT2D eigenvalue weighted by atomic mass is 9.97. The van der Waals surface area contributed by atoms with Crippen LogP contribution in [0.15, 0.2) is 65.4 Å². The lowest BCUT2D eigenvalue weighted by molar-refractivity contribution is -0.105. The first-order valence-electron chi connectivity index (χ1n) is 14.2. The van der Waals surface area contributed by atoms with Gasteiger partial charge in [-0.2, -0.15) is 5.10 Å². The Labute approximate surface area is 238 Å². The average Bonchev–Trinajstić information content (AvgIpc) is 3.71. The summed E-state index contributed by atoms with van der Waals surface area (Å²) in [6, 6.07) is 5.98. The molecule has 0 aliphatic heterocycles. The standard InChI is InChI=1S/C32H32ClFN4O2/c33-29-15-22(12-24(34)13-23(29)19-39)21-10-11-30-27(14-21)31(28(17-35-30)32(40)20-8-9-20)37-25-16-36-38(18-25)26-6-4-2-1-3-5-7-26/h10-12,14-20,26H,1-9,13H2,(H,35,37). The molecule has 0 spiro atoms. The number of allylic oxidation sites excluding steroid dienone is 6. The number of rotatable bonds is 7. The number of fused-ring (bicyclic) bond motifs is 1. The minimum atomic E-state index is -0.445. The predicted molar refractivity (Wildman–Crippen MR) is 156 cm³/mol. The summed E-state index contributed by atoms with van der Waals surface area (Å²) in [7, 11) is 0. The zero-order valence-electron chi connectivity index (χ0n) is 22.3. The fourth-order valence-corrected chi connectivity index (χ4v) is 5.96. The Bertz CT molecular complexity index is 1560. The van der Waals surface area contributed by atoms with Gasteiger partial charge in [0.15, 0.2) is 5.78 Å². The molecule has 6 nitrogen and oxygen atoms in total. The van der Waals surface area contributed by atoms with Gasteiger partial charge in [-0.25, -0.2) is 4.39 Å². The number of carbonyl (C=O) groups excluding carboxylic acids is 2. The number of carbonyl (C=O) groups is 2. The van der Waals surface area contributed by atoms with Crippen molar-refractivity contribution >= 4 is 51.5 Å². The van der Waals surface area contributed by atoms with Gasteiger partial charge < -0.3 is 5.32 Å². The highest BCUT2D eigenvalue weighted by Gasteiger charge is 2.33. The number of aldehydes is 1. The fourth-order valence-electron chi connectivity index (χ4n) is 5.73. The molecule has 40 heavy (non-hydrogen) atoms. The van der Waals surface area contributed by atoms with Crippen LogP contribution in [0.2, 0.25) is 0 Å². The van der Waals surface area contributed by atoms with Gasteiger partial charge in [-0.1, -0.05) is 49.8 Å². The van der Waals surface area contributed by atoms with E-state index in [0.717, 1.165) is 36.8 Å². The van der Waals surface area contributed by atoms with E-state index in [1.165, 1.54) is 38.2 Å². The third-order valence-electron chi connectivity index (χ3n) is 8.14. The first kappa shape index (κ1) is 26.6. The summed E-state index contributed by atoms with van der Waals surface area (Å²) in [6.07, 6.45) is 19.3. The summed E-state index contributed by atoms with van der Waals surface area (Å²) in [5.41, 5.74) is 4.19. The normalized spacial score (nSPS) is 18.9. The molecule has 1 aromatic carbocycles.